The standard InChI is InChI=1S/C25H21N3O6S/c1-15-21-14-20(35(29,30)28-17-6-10-19(32-3)11-7-17)12-13-22(21)33-23(15)25-26-24(27-34-25)16-4-8-18(31-2)9-5-16/h4-14,28H,1-3H3. The lowest BCUT2D eigenvalue weighted by atomic mass is 10.1. The molecule has 0 aliphatic carbocycles. The van der Waals surface area contributed by atoms with Gasteiger partial charge in [0.1, 0.15) is 17.1 Å². The first-order valence-electron chi connectivity index (χ1n) is 10.6. The van der Waals surface area contributed by atoms with Crippen LogP contribution in [-0.2, 0) is 10.0 Å². The molecule has 0 saturated heterocycles. The van der Waals surface area contributed by atoms with Crippen molar-refractivity contribution in [1.82, 2.24) is 10.1 Å². The molecular formula is C25H21N3O6S. The maximum absolute atomic E-state index is 13.0. The average Bonchev–Trinajstić information content (AvgIpc) is 3.49. The quantitative estimate of drug-likeness (QED) is 0.327. The molecule has 5 aromatic rings. The predicted octanol–water partition coefficient (Wildman–Crippen LogP) is 5.28. The average molecular weight is 492 g/mol. The monoisotopic (exact) mass is 491 g/mol. The molecule has 1 N–H and O–H groups in total. The van der Waals surface area contributed by atoms with Crippen molar-refractivity contribution < 1.29 is 26.8 Å². The van der Waals surface area contributed by atoms with Crippen molar-refractivity contribution in [2.24, 2.45) is 0 Å². The minimum absolute atomic E-state index is 0.0979. The number of fused-ring (bicyclic) bond motifs is 1. The fourth-order valence-electron chi connectivity index (χ4n) is 3.62. The summed E-state index contributed by atoms with van der Waals surface area (Å²) >= 11 is 0. The molecule has 0 fully saturated rings. The highest BCUT2D eigenvalue weighted by Crippen LogP contribution is 2.34. The van der Waals surface area contributed by atoms with Crippen molar-refractivity contribution in [3.8, 4) is 34.5 Å². The summed E-state index contributed by atoms with van der Waals surface area (Å²) in [5.41, 5.74) is 2.37. The highest BCUT2D eigenvalue weighted by molar-refractivity contribution is 7.92. The van der Waals surface area contributed by atoms with E-state index in [1.54, 1.807) is 62.8 Å². The number of aromatic nitrogens is 2. The van der Waals surface area contributed by atoms with Gasteiger partial charge in [0.05, 0.1) is 19.1 Å². The number of furan rings is 1. The molecule has 5 rings (SSSR count). The van der Waals surface area contributed by atoms with Gasteiger partial charge in [-0.3, -0.25) is 4.72 Å². The van der Waals surface area contributed by atoms with Crippen LogP contribution in [0.4, 0.5) is 5.69 Å². The van der Waals surface area contributed by atoms with Crippen LogP contribution in [0.3, 0.4) is 0 Å². The van der Waals surface area contributed by atoms with Gasteiger partial charge >= 0.3 is 0 Å². The summed E-state index contributed by atoms with van der Waals surface area (Å²) in [5, 5.41) is 4.67. The molecule has 0 bridgehead atoms. The van der Waals surface area contributed by atoms with Crippen molar-refractivity contribution in [2.45, 2.75) is 11.8 Å². The summed E-state index contributed by atoms with van der Waals surface area (Å²) in [6.07, 6.45) is 0. The number of nitrogens with one attached hydrogen (secondary N) is 1. The van der Waals surface area contributed by atoms with Gasteiger partial charge in [-0.1, -0.05) is 5.16 Å². The fraction of sp³-hybridized carbons (Fsp3) is 0.120. The van der Waals surface area contributed by atoms with E-state index in [9.17, 15) is 8.42 Å². The molecule has 0 atom stereocenters. The summed E-state index contributed by atoms with van der Waals surface area (Å²) in [6, 6.07) is 18.5. The number of aryl methyl sites for hydroxylation is 1. The summed E-state index contributed by atoms with van der Waals surface area (Å²) in [7, 11) is -0.688. The number of anilines is 1. The van der Waals surface area contributed by atoms with Gasteiger partial charge in [0.15, 0.2) is 5.76 Å². The fourth-order valence-corrected chi connectivity index (χ4v) is 4.70. The number of hydrogen-bond acceptors (Lipinski definition) is 8. The number of nitrogens with zero attached hydrogens (tertiary/aromatic N) is 2. The number of ether oxygens (including phenoxy) is 2. The van der Waals surface area contributed by atoms with E-state index in [1.807, 2.05) is 19.1 Å². The van der Waals surface area contributed by atoms with Crippen molar-refractivity contribution in [1.29, 1.82) is 0 Å². The van der Waals surface area contributed by atoms with E-state index in [0.29, 0.717) is 39.6 Å². The second kappa shape index (κ2) is 8.80. The minimum atomic E-state index is -3.83. The van der Waals surface area contributed by atoms with E-state index in [-0.39, 0.29) is 10.8 Å². The lowest BCUT2D eigenvalue weighted by Crippen LogP contribution is -2.12. The third-order valence-electron chi connectivity index (χ3n) is 5.53. The maximum atomic E-state index is 13.0. The van der Waals surface area contributed by atoms with E-state index in [1.165, 1.54) is 6.07 Å². The van der Waals surface area contributed by atoms with Crippen LogP contribution in [0.25, 0.3) is 34.0 Å². The van der Waals surface area contributed by atoms with Gasteiger partial charge in [0.25, 0.3) is 15.9 Å². The number of benzene rings is 3. The van der Waals surface area contributed by atoms with E-state index >= 15 is 0 Å². The second-order valence-electron chi connectivity index (χ2n) is 7.70. The van der Waals surface area contributed by atoms with Crippen LogP contribution < -0.4 is 14.2 Å². The van der Waals surface area contributed by atoms with Crippen LogP contribution in [0.1, 0.15) is 5.56 Å². The van der Waals surface area contributed by atoms with Gasteiger partial charge in [-0.25, -0.2) is 8.42 Å². The van der Waals surface area contributed by atoms with E-state index in [0.717, 1.165) is 11.3 Å². The summed E-state index contributed by atoms with van der Waals surface area (Å²) in [6.45, 7) is 1.81. The molecule has 2 aromatic heterocycles. The Morgan fingerprint density at radius 3 is 2.20 bits per heavy atom. The normalized spacial score (nSPS) is 11.5. The highest BCUT2D eigenvalue weighted by Gasteiger charge is 2.22. The Morgan fingerprint density at radius 2 is 1.54 bits per heavy atom. The van der Waals surface area contributed by atoms with Gasteiger partial charge in [0, 0.05) is 22.2 Å². The molecule has 35 heavy (non-hydrogen) atoms. The number of sulfonamides is 1. The smallest absolute Gasteiger partial charge is 0.294 e. The molecule has 3 aromatic carbocycles. The van der Waals surface area contributed by atoms with Crippen LogP contribution in [0.5, 0.6) is 11.5 Å². The third-order valence-corrected chi connectivity index (χ3v) is 6.91. The minimum Gasteiger partial charge on any atom is -0.497 e. The Bertz CT molecular complexity index is 1600. The molecule has 0 saturated carbocycles. The molecule has 10 heteroatoms. The molecule has 9 nitrogen and oxygen atoms in total. The molecule has 2 heterocycles. The van der Waals surface area contributed by atoms with Crippen molar-refractivity contribution >= 4 is 26.7 Å². The Kier molecular flexibility index (Phi) is 5.65. The summed E-state index contributed by atoms with van der Waals surface area (Å²) in [4.78, 5) is 4.55. The zero-order chi connectivity index (χ0) is 24.6. The van der Waals surface area contributed by atoms with Crippen LogP contribution in [0, 0.1) is 6.92 Å². The summed E-state index contributed by atoms with van der Waals surface area (Å²) in [5.74, 6) is 2.33. The molecule has 0 aliphatic heterocycles. The number of methoxy groups -OCH3 is 2. The molecular weight excluding hydrogens is 470 g/mol. The van der Waals surface area contributed by atoms with Crippen molar-refractivity contribution in [3.63, 3.8) is 0 Å². The Morgan fingerprint density at radius 1 is 0.886 bits per heavy atom. The number of hydrogen-bond donors (Lipinski definition) is 1. The summed E-state index contributed by atoms with van der Waals surface area (Å²) < 4.78 is 50.2. The van der Waals surface area contributed by atoms with Crippen LogP contribution in [0.2, 0.25) is 0 Å². The molecule has 178 valence electrons. The van der Waals surface area contributed by atoms with Gasteiger partial charge < -0.3 is 18.4 Å². The Hall–Kier alpha value is -4.31. The van der Waals surface area contributed by atoms with Gasteiger partial charge in [0.2, 0.25) is 5.82 Å². The largest absolute Gasteiger partial charge is 0.497 e. The Labute approximate surface area is 201 Å². The second-order valence-corrected chi connectivity index (χ2v) is 9.38. The first-order valence-corrected chi connectivity index (χ1v) is 12.0. The van der Waals surface area contributed by atoms with Crippen LogP contribution in [0.15, 0.2) is 80.6 Å². The van der Waals surface area contributed by atoms with Gasteiger partial charge in [-0.05, 0) is 73.7 Å². The van der Waals surface area contributed by atoms with Crippen LogP contribution >= 0.6 is 0 Å². The lowest BCUT2D eigenvalue weighted by molar-refractivity contribution is 0.414. The molecule has 0 spiro atoms. The van der Waals surface area contributed by atoms with Gasteiger partial charge in [-0.15, -0.1) is 0 Å². The zero-order valence-corrected chi connectivity index (χ0v) is 19.9. The first-order chi connectivity index (χ1) is 16.9. The molecule has 0 unspecified atom stereocenters. The van der Waals surface area contributed by atoms with E-state index < -0.39 is 10.0 Å². The highest BCUT2D eigenvalue weighted by atomic mass is 32.2. The number of rotatable bonds is 7. The Balaban J connectivity index is 1.45. The maximum Gasteiger partial charge on any atom is 0.294 e. The van der Waals surface area contributed by atoms with Crippen molar-refractivity contribution in [2.75, 3.05) is 18.9 Å². The van der Waals surface area contributed by atoms with Crippen LogP contribution in [-0.4, -0.2) is 32.8 Å². The topological polar surface area (TPSA) is 117 Å². The van der Waals surface area contributed by atoms with Gasteiger partial charge in [-0.2, -0.15) is 4.98 Å². The predicted molar refractivity (Wildman–Crippen MR) is 130 cm³/mol. The van der Waals surface area contributed by atoms with E-state index in [4.69, 9.17) is 18.4 Å². The van der Waals surface area contributed by atoms with Crippen molar-refractivity contribution in [3.05, 3.63) is 72.3 Å². The SMILES string of the molecule is COc1ccc(NS(=O)(=O)c2ccc3oc(-c4nc(-c5ccc(OC)cc5)no4)c(C)c3c2)cc1. The molecule has 0 radical (unpaired) electrons. The first kappa shape index (κ1) is 22.5. The molecule has 0 amide bonds. The molecule has 0 aliphatic rings. The van der Waals surface area contributed by atoms with E-state index in [2.05, 4.69) is 14.9 Å². The lowest BCUT2D eigenvalue weighted by Gasteiger charge is -2.09. The zero-order valence-electron chi connectivity index (χ0n) is 19.1. The third kappa shape index (κ3) is 4.31.